The number of aliphatic hydroxyl groups excluding tert-OH is 2. The Morgan fingerprint density at radius 3 is 1.82 bits per heavy atom. The smallest absolute Gasteiger partial charge is 0.0646 e. The molecule has 0 amide bonds. The van der Waals surface area contributed by atoms with Crippen LogP contribution in [0, 0.1) is 5.41 Å². The fourth-order valence-electron chi connectivity index (χ4n) is 2.62. The molecule has 2 aliphatic rings. The lowest BCUT2D eigenvalue weighted by Crippen LogP contribution is -2.57. The van der Waals surface area contributed by atoms with Gasteiger partial charge in [0.25, 0.3) is 0 Å². The highest BCUT2D eigenvalue weighted by molar-refractivity contribution is 5.04. The monoisotopic (exact) mass is 156 g/mol. The summed E-state index contributed by atoms with van der Waals surface area (Å²) in [6.45, 7) is 0. The molecule has 2 aliphatic carbocycles. The van der Waals surface area contributed by atoms with E-state index in [4.69, 9.17) is 0 Å². The zero-order valence-corrected chi connectivity index (χ0v) is 6.79. The van der Waals surface area contributed by atoms with Crippen LogP contribution in [0.3, 0.4) is 0 Å². The van der Waals surface area contributed by atoms with Gasteiger partial charge in [-0.2, -0.15) is 0 Å². The normalized spacial score (nSPS) is 42.0. The van der Waals surface area contributed by atoms with E-state index in [1.54, 1.807) is 0 Å². The van der Waals surface area contributed by atoms with Crippen molar-refractivity contribution in [2.24, 2.45) is 5.41 Å². The molecule has 2 unspecified atom stereocenters. The first-order valence-corrected chi connectivity index (χ1v) is 4.62. The van der Waals surface area contributed by atoms with Crippen molar-refractivity contribution in [3.05, 3.63) is 0 Å². The highest BCUT2D eigenvalue weighted by Crippen LogP contribution is 2.51. The van der Waals surface area contributed by atoms with Crippen LogP contribution in [0.2, 0.25) is 0 Å². The predicted octanol–water partition coefficient (Wildman–Crippen LogP) is 1.06. The van der Waals surface area contributed by atoms with E-state index in [1.807, 2.05) is 0 Å². The molecule has 0 aromatic rings. The summed E-state index contributed by atoms with van der Waals surface area (Å²) in [5.41, 5.74) is -0.0712. The van der Waals surface area contributed by atoms with Gasteiger partial charge in [0.1, 0.15) is 0 Å². The molecule has 0 bridgehead atoms. The third-order valence-electron chi connectivity index (χ3n) is 3.56. The van der Waals surface area contributed by atoms with Crippen molar-refractivity contribution in [2.75, 3.05) is 0 Å². The molecular weight excluding hydrogens is 140 g/mol. The molecule has 2 nitrogen and oxygen atoms in total. The largest absolute Gasteiger partial charge is 0.392 e. The maximum Gasteiger partial charge on any atom is 0.0646 e. The van der Waals surface area contributed by atoms with Gasteiger partial charge in [0.15, 0.2) is 0 Å². The average Bonchev–Trinajstić information content (AvgIpc) is 2.07. The molecule has 2 fully saturated rings. The van der Waals surface area contributed by atoms with Gasteiger partial charge >= 0.3 is 0 Å². The van der Waals surface area contributed by atoms with Gasteiger partial charge in [0.2, 0.25) is 0 Å². The Labute approximate surface area is 67.2 Å². The van der Waals surface area contributed by atoms with Crippen LogP contribution in [0.4, 0.5) is 0 Å². The van der Waals surface area contributed by atoms with Crippen LogP contribution >= 0.6 is 0 Å². The number of hydrogen-bond acceptors (Lipinski definition) is 2. The molecule has 2 saturated carbocycles. The first kappa shape index (κ1) is 7.56. The second-order valence-electron chi connectivity index (χ2n) is 4.06. The predicted molar refractivity (Wildman–Crippen MR) is 42.1 cm³/mol. The van der Waals surface area contributed by atoms with Gasteiger partial charge in [-0.15, -0.1) is 0 Å². The van der Waals surface area contributed by atoms with Crippen LogP contribution in [-0.4, -0.2) is 22.4 Å². The minimum absolute atomic E-state index is 0.0712. The molecule has 0 radical (unpaired) electrons. The SMILES string of the molecule is OC1CC(O)C12CCCCC2. The van der Waals surface area contributed by atoms with E-state index >= 15 is 0 Å². The molecule has 2 atom stereocenters. The lowest BCUT2D eigenvalue weighted by atomic mass is 9.57. The van der Waals surface area contributed by atoms with Crippen molar-refractivity contribution in [3.8, 4) is 0 Å². The minimum atomic E-state index is -0.210. The summed E-state index contributed by atoms with van der Waals surface area (Å²) in [6.07, 6.45) is 5.92. The molecule has 0 heterocycles. The fourth-order valence-corrected chi connectivity index (χ4v) is 2.62. The highest BCUT2D eigenvalue weighted by Gasteiger charge is 2.53. The summed E-state index contributed by atoms with van der Waals surface area (Å²) in [4.78, 5) is 0. The van der Waals surface area contributed by atoms with Gasteiger partial charge in [-0.05, 0) is 12.8 Å². The van der Waals surface area contributed by atoms with Crippen molar-refractivity contribution in [3.63, 3.8) is 0 Å². The lowest BCUT2D eigenvalue weighted by Gasteiger charge is -2.53. The van der Waals surface area contributed by atoms with Crippen molar-refractivity contribution < 1.29 is 10.2 Å². The average molecular weight is 156 g/mol. The minimum Gasteiger partial charge on any atom is -0.392 e. The molecule has 2 N–H and O–H groups in total. The van der Waals surface area contributed by atoms with E-state index in [-0.39, 0.29) is 17.6 Å². The lowest BCUT2D eigenvalue weighted by molar-refractivity contribution is -0.183. The van der Waals surface area contributed by atoms with Crippen molar-refractivity contribution >= 4 is 0 Å². The van der Waals surface area contributed by atoms with Crippen LogP contribution in [0.5, 0.6) is 0 Å². The van der Waals surface area contributed by atoms with Gasteiger partial charge in [-0.3, -0.25) is 0 Å². The van der Waals surface area contributed by atoms with Gasteiger partial charge in [0, 0.05) is 11.8 Å². The van der Waals surface area contributed by atoms with Crippen LogP contribution in [0.15, 0.2) is 0 Å². The molecular formula is C9H16O2. The molecule has 0 aliphatic heterocycles. The third kappa shape index (κ3) is 0.926. The Morgan fingerprint density at radius 2 is 1.45 bits per heavy atom. The number of rotatable bonds is 0. The van der Waals surface area contributed by atoms with Crippen LogP contribution in [-0.2, 0) is 0 Å². The number of hydrogen-bond donors (Lipinski definition) is 2. The van der Waals surface area contributed by atoms with Gasteiger partial charge < -0.3 is 10.2 Å². The summed E-state index contributed by atoms with van der Waals surface area (Å²) in [7, 11) is 0. The van der Waals surface area contributed by atoms with E-state index in [2.05, 4.69) is 0 Å². The molecule has 1 spiro atoms. The highest BCUT2D eigenvalue weighted by atomic mass is 16.3. The Kier molecular flexibility index (Phi) is 1.69. The van der Waals surface area contributed by atoms with Crippen molar-refractivity contribution in [2.45, 2.75) is 50.7 Å². The summed E-state index contributed by atoms with van der Waals surface area (Å²) < 4.78 is 0. The zero-order valence-electron chi connectivity index (χ0n) is 6.79. The molecule has 0 aromatic carbocycles. The molecule has 0 aromatic heterocycles. The van der Waals surface area contributed by atoms with Crippen LogP contribution in [0.25, 0.3) is 0 Å². The summed E-state index contributed by atoms with van der Waals surface area (Å²) >= 11 is 0. The Bertz CT molecular complexity index is 140. The first-order valence-electron chi connectivity index (χ1n) is 4.62. The second kappa shape index (κ2) is 2.46. The molecule has 0 saturated heterocycles. The van der Waals surface area contributed by atoms with Gasteiger partial charge in [-0.25, -0.2) is 0 Å². The molecule has 2 rings (SSSR count). The van der Waals surface area contributed by atoms with E-state index in [9.17, 15) is 10.2 Å². The molecule has 64 valence electrons. The van der Waals surface area contributed by atoms with E-state index in [0.717, 1.165) is 12.8 Å². The Hall–Kier alpha value is -0.0800. The maximum atomic E-state index is 9.53. The number of aliphatic hydroxyl groups is 2. The molecule has 2 heteroatoms. The van der Waals surface area contributed by atoms with Crippen molar-refractivity contribution in [1.29, 1.82) is 0 Å². The fraction of sp³-hybridized carbons (Fsp3) is 1.00. The third-order valence-corrected chi connectivity index (χ3v) is 3.56. The maximum absolute atomic E-state index is 9.53. The van der Waals surface area contributed by atoms with E-state index in [1.165, 1.54) is 19.3 Å². The summed E-state index contributed by atoms with van der Waals surface area (Å²) in [5, 5.41) is 19.1. The quantitative estimate of drug-likeness (QED) is 0.550. The Balaban J connectivity index is 2.06. The summed E-state index contributed by atoms with van der Waals surface area (Å²) in [6, 6.07) is 0. The Morgan fingerprint density at radius 1 is 0.909 bits per heavy atom. The van der Waals surface area contributed by atoms with E-state index < -0.39 is 0 Å². The van der Waals surface area contributed by atoms with Crippen LogP contribution < -0.4 is 0 Å². The van der Waals surface area contributed by atoms with Gasteiger partial charge in [-0.1, -0.05) is 19.3 Å². The topological polar surface area (TPSA) is 40.5 Å². The second-order valence-corrected chi connectivity index (χ2v) is 4.06. The standard InChI is InChI=1S/C9H16O2/c10-7-6-8(11)9(7)4-2-1-3-5-9/h7-8,10-11H,1-6H2. The van der Waals surface area contributed by atoms with Crippen molar-refractivity contribution in [1.82, 2.24) is 0 Å². The van der Waals surface area contributed by atoms with Crippen LogP contribution in [0.1, 0.15) is 38.5 Å². The molecule has 11 heavy (non-hydrogen) atoms. The van der Waals surface area contributed by atoms with E-state index in [0.29, 0.717) is 6.42 Å². The first-order chi connectivity index (χ1) is 5.26. The zero-order chi connectivity index (χ0) is 7.90. The van der Waals surface area contributed by atoms with Gasteiger partial charge in [0.05, 0.1) is 12.2 Å². The summed E-state index contributed by atoms with van der Waals surface area (Å²) in [5.74, 6) is 0.